The Morgan fingerprint density at radius 3 is 2.36 bits per heavy atom. The zero-order valence-electron chi connectivity index (χ0n) is 21.6. The molecule has 1 fully saturated rings. The van der Waals surface area contributed by atoms with Gasteiger partial charge in [0.15, 0.2) is 0 Å². The summed E-state index contributed by atoms with van der Waals surface area (Å²) in [6, 6.07) is 16.9. The number of aryl methyl sites for hydroxylation is 1. The second kappa shape index (κ2) is 11.4. The maximum atomic E-state index is 14.0. The molecule has 1 N–H and O–H groups in total. The van der Waals surface area contributed by atoms with Crippen molar-refractivity contribution in [3.63, 3.8) is 0 Å². The van der Waals surface area contributed by atoms with Gasteiger partial charge < -0.3 is 5.32 Å². The minimum atomic E-state index is -0.857. The highest BCUT2D eigenvalue weighted by Gasteiger charge is 2.57. The van der Waals surface area contributed by atoms with Crippen molar-refractivity contribution in [2.75, 3.05) is 10.2 Å². The number of carbonyl (C=O) groups excluding carboxylic acids is 3. The lowest BCUT2D eigenvalue weighted by Gasteiger charge is -2.31. The summed E-state index contributed by atoms with van der Waals surface area (Å²) in [5, 5.41) is 3.42. The predicted molar refractivity (Wildman–Crippen MR) is 169 cm³/mol. The third-order valence-electron chi connectivity index (χ3n) is 7.16. The van der Waals surface area contributed by atoms with Crippen molar-refractivity contribution < 1.29 is 14.4 Å². The molecule has 214 valence electrons. The highest BCUT2D eigenvalue weighted by atomic mass is 35.5. The molecule has 0 spiro atoms. The van der Waals surface area contributed by atoms with Crippen molar-refractivity contribution in [2.45, 2.75) is 29.7 Å². The second-order valence-corrected chi connectivity index (χ2v) is 13.6. The van der Waals surface area contributed by atoms with Crippen LogP contribution >= 0.6 is 69.5 Å². The van der Waals surface area contributed by atoms with Gasteiger partial charge >= 0.3 is 4.87 Å². The van der Waals surface area contributed by atoms with Crippen molar-refractivity contribution in [3.8, 4) is 0 Å². The van der Waals surface area contributed by atoms with Crippen molar-refractivity contribution >= 4 is 98.6 Å². The molecule has 42 heavy (non-hydrogen) atoms. The van der Waals surface area contributed by atoms with E-state index >= 15 is 0 Å². The van der Waals surface area contributed by atoms with E-state index in [-0.39, 0.29) is 21.6 Å². The van der Waals surface area contributed by atoms with Crippen LogP contribution in [0.1, 0.15) is 21.9 Å². The van der Waals surface area contributed by atoms with Gasteiger partial charge in [-0.3, -0.25) is 23.7 Å². The van der Waals surface area contributed by atoms with E-state index in [0.29, 0.717) is 31.9 Å². The standard InChI is InChI=1S/C29H19Cl4N3O4S2/c1-13-5-8-15(9-6-13)36-26(38)22-21(16-3-2-4-18(31)23(16)33)25-28(41-24(22)27(36)39)35(29(40)42-25)12-20(37)34-14-7-10-17(30)19(32)11-14/h2-11,21-22,24H,12H2,1H3,(H,34,37)/t21-,22-,24+/m0/s1. The van der Waals surface area contributed by atoms with E-state index in [9.17, 15) is 19.2 Å². The number of halogens is 4. The van der Waals surface area contributed by atoms with E-state index < -0.39 is 39.7 Å². The average molecular weight is 679 g/mol. The van der Waals surface area contributed by atoms with Crippen LogP contribution in [0.3, 0.4) is 0 Å². The number of hydrogen-bond acceptors (Lipinski definition) is 6. The first-order valence-corrected chi connectivity index (χ1v) is 15.8. The first kappa shape index (κ1) is 29.3. The molecule has 1 saturated heterocycles. The lowest BCUT2D eigenvalue weighted by atomic mass is 9.83. The van der Waals surface area contributed by atoms with Gasteiger partial charge in [0.1, 0.15) is 11.8 Å². The predicted octanol–water partition coefficient (Wildman–Crippen LogP) is 7.27. The number of amides is 3. The Hall–Kier alpha value is -2.79. The molecule has 0 bridgehead atoms. The molecule has 3 atom stereocenters. The van der Waals surface area contributed by atoms with Gasteiger partial charge in [0.05, 0.1) is 36.7 Å². The Balaban J connectivity index is 1.43. The van der Waals surface area contributed by atoms with Gasteiger partial charge in [-0.25, -0.2) is 4.90 Å². The van der Waals surface area contributed by atoms with Crippen LogP contribution in [-0.2, 0) is 20.9 Å². The number of nitrogens with zero attached hydrogens (tertiary/aromatic N) is 2. The van der Waals surface area contributed by atoms with Crippen LogP contribution in [0.2, 0.25) is 20.1 Å². The van der Waals surface area contributed by atoms with E-state index in [4.69, 9.17) is 46.4 Å². The smallest absolute Gasteiger partial charge is 0.308 e. The number of aromatic nitrogens is 1. The monoisotopic (exact) mass is 677 g/mol. The van der Waals surface area contributed by atoms with Crippen LogP contribution in [-0.4, -0.2) is 27.5 Å². The van der Waals surface area contributed by atoms with Gasteiger partial charge in [-0.2, -0.15) is 0 Å². The van der Waals surface area contributed by atoms with Crippen LogP contribution in [0.4, 0.5) is 11.4 Å². The third kappa shape index (κ3) is 5.06. The van der Waals surface area contributed by atoms with Crippen molar-refractivity contribution in [1.82, 2.24) is 4.57 Å². The van der Waals surface area contributed by atoms with Crippen LogP contribution < -0.4 is 15.1 Å². The minimum absolute atomic E-state index is 0.236. The molecule has 0 aliphatic carbocycles. The maximum Gasteiger partial charge on any atom is 0.308 e. The topological polar surface area (TPSA) is 88.5 Å². The van der Waals surface area contributed by atoms with Gasteiger partial charge in [-0.05, 0) is 48.9 Å². The zero-order valence-corrected chi connectivity index (χ0v) is 26.2. The Kier molecular flexibility index (Phi) is 7.93. The SMILES string of the molecule is Cc1ccc(N2C(=O)[C@H]3[C@H](c4cccc(Cl)c4Cl)c4sc(=O)n(CC(=O)Nc5ccc(Cl)c(Cl)c5)c4S[C@H]3C2=O)cc1. The molecule has 4 aromatic rings. The van der Waals surface area contributed by atoms with Gasteiger partial charge in [-0.15, -0.1) is 0 Å². The molecular formula is C29H19Cl4N3O4S2. The van der Waals surface area contributed by atoms with E-state index in [1.807, 2.05) is 19.1 Å². The summed E-state index contributed by atoms with van der Waals surface area (Å²) in [6.07, 6.45) is 0. The van der Waals surface area contributed by atoms with Crippen molar-refractivity contribution in [2.24, 2.45) is 5.92 Å². The molecule has 2 aliphatic heterocycles. The maximum absolute atomic E-state index is 14.0. The molecule has 3 amide bonds. The van der Waals surface area contributed by atoms with Gasteiger partial charge in [-0.1, -0.05) is 99.3 Å². The molecule has 2 aliphatic rings. The molecular weight excluding hydrogens is 660 g/mol. The lowest BCUT2D eigenvalue weighted by Crippen LogP contribution is -2.33. The summed E-state index contributed by atoms with van der Waals surface area (Å²) in [5.74, 6) is -2.85. The van der Waals surface area contributed by atoms with Crippen LogP contribution in [0.15, 0.2) is 70.5 Å². The molecule has 7 nitrogen and oxygen atoms in total. The number of carbonyl (C=O) groups is 3. The second-order valence-electron chi connectivity index (χ2n) is 9.83. The summed E-state index contributed by atoms with van der Waals surface area (Å²) in [4.78, 5) is 55.6. The Morgan fingerprint density at radius 2 is 1.64 bits per heavy atom. The van der Waals surface area contributed by atoms with Gasteiger partial charge in [0, 0.05) is 16.5 Å². The van der Waals surface area contributed by atoms with E-state index in [2.05, 4.69) is 5.32 Å². The molecule has 0 radical (unpaired) electrons. The number of nitrogens with one attached hydrogen (secondary N) is 1. The first-order chi connectivity index (χ1) is 20.0. The number of thiazole rings is 1. The Labute approximate surface area is 268 Å². The van der Waals surface area contributed by atoms with E-state index in [1.165, 1.54) is 15.5 Å². The molecule has 0 saturated carbocycles. The first-order valence-electron chi connectivity index (χ1n) is 12.6. The Bertz CT molecular complexity index is 1840. The van der Waals surface area contributed by atoms with E-state index in [1.54, 1.807) is 42.5 Å². The summed E-state index contributed by atoms with van der Waals surface area (Å²) in [5.41, 5.74) is 2.39. The molecule has 1 aromatic heterocycles. The van der Waals surface area contributed by atoms with Gasteiger partial charge in [0.25, 0.3) is 0 Å². The van der Waals surface area contributed by atoms with Gasteiger partial charge in [0.2, 0.25) is 17.7 Å². The number of imide groups is 1. The average Bonchev–Trinajstić information content (AvgIpc) is 3.39. The fourth-order valence-corrected chi connectivity index (χ4v) is 8.70. The molecule has 0 unspecified atom stereocenters. The molecule has 6 rings (SSSR count). The largest absolute Gasteiger partial charge is 0.324 e. The van der Waals surface area contributed by atoms with E-state index in [0.717, 1.165) is 28.7 Å². The van der Waals surface area contributed by atoms with Crippen LogP contribution in [0.5, 0.6) is 0 Å². The number of fused-ring (bicyclic) bond motifs is 2. The minimum Gasteiger partial charge on any atom is -0.324 e. The number of anilines is 2. The normalized spacial score (nSPS) is 19.5. The fraction of sp³-hybridized carbons (Fsp3) is 0.172. The van der Waals surface area contributed by atoms with Crippen molar-refractivity contribution in [3.05, 3.63) is 106 Å². The quantitative estimate of drug-likeness (QED) is 0.225. The highest BCUT2D eigenvalue weighted by Crippen LogP contribution is 2.55. The number of benzene rings is 3. The number of rotatable bonds is 5. The Morgan fingerprint density at radius 1 is 0.905 bits per heavy atom. The zero-order chi connectivity index (χ0) is 29.9. The van der Waals surface area contributed by atoms with Crippen molar-refractivity contribution in [1.29, 1.82) is 0 Å². The summed E-state index contributed by atoms with van der Waals surface area (Å²) >= 11 is 27.1. The summed E-state index contributed by atoms with van der Waals surface area (Å²) in [7, 11) is 0. The highest BCUT2D eigenvalue weighted by molar-refractivity contribution is 8.00. The number of hydrogen-bond donors (Lipinski definition) is 1. The fourth-order valence-electron chi connectivity index (χ4n) is 5.22. The summed E-state index contributed by atoms with van der Waals surface area (Å²) in [6.45, 7) is 1.59. The van der Waals surface area contributed by atoms with Crippen LogP contribution in [0.25, 0.3) is 0 Å². The molecule has 13 heteroatoms. The summed E-state index contributed by atoms with van der Waals surface area (Å²) < 4.78 is 1.32. The third-order valence-corrected chi connectivity index (χ3v) is 11.3. The lowest BCUT2D eigenvalue weighted by molar-refractivity contribution is -0.122. The van der Waals surface area contributed by atoms with Crippen LogP contribution in [0, 0.1) is 12.8 Å². The molecule has 3 aromatic carbocycles. The molecule has 3 heterocycles. The number of thioether (sulfide) groups is 1.